The van der Waals surface area contributed by atoms with Gasteiger partial charge in [0.15, 0.2) is 0 Å². The minimum atomic E-state index is -0.218. The second kappa shape index (κ2) is 2.94. The van der Waals surface area contributed by atoms with Gasteiger partial charge in [0.05, 0.1) is 12.6 Å². The zero-order valence-electron chi connectivity index (χ0n) is 7.25. The summed E-state index contributed by atoms with van der Waals surface area (Å²) in [5.41, 5.74) is 3.13. The van der Waals surface area contributed by atoms with Crippen LogP contribution in [0.4, 0.5) is 4.79 Å². The second-order valence-electron chi connectivity index (χ2n) is 3.36. The van der Waals surface area contributed by atoms with Crippen LogP contribution in [0.5, 0.6) is 0 Å². The molecule has 0 aromatic heterocycles. The van der Waals surface area contributed by atoms with Gasteiger partial charge in [-0.3, -0.25) is 0 Å². The van der Waals surface area contributed by atoms with E-state index in [2.05, 4.69) is 5.43 Å². The molecule has 1 aliphatic carbocycles. The van der Waals surface area contributed by atoms with Crippen LogP contribution in [0, 0.1) is 0 Å². The van der Waals surface area contributed by atoms with Crippen LogP contribution in [-0.2, 0) is 4.74 Å². The van der Waals surface area contributed by atoms with Crippen LogP contribution in [0.1, 0.15) is 26.2 Å². The van der Waals surface area contributed by atoms with Crippen LogP contribution >= 0.6 is 0 Å². The summed E-state index contributed by atoms with van der Waals surface area (Å²) in [6.45, 7) is 2.28. The van der Waals surface area contributed by atoms with Gasteiger partial charge >= 0.3 is 6.09 Å². The maximum absolute atomic E-state index is 11.3. The molecule has 0 spiro atoms. The molecule has 1 N–H and O–H groups in total. The van der Waals surface area contributed by atoms with E-state index in [-0.39, 0.29) is 6.09 Å². The van der Waals surface area contributed by atoms with E-state index in [1.807, 2.05) is 6.92 Å². The fourth-order valence-corrected chi connectivity index (χ4v) is 2.01. The molecule has 68 valence electrons. The number of hydrogen-bond acceptors (Lipinski definition) is 3. The average molecular weight is 170 g/mol. The summed E-state index contributed by atoms with van der Waals surface area (Å²) in [5, 5.41) is 1.65. The Morgan fingerprint density at radius 2 is 2.50 bits per heavy atom. The molecule has 1 saturated heterocycles. The number of fused-ring (bicyclic) bond motifs is 2. The Morgan fingerprint density at radius 1 is 1.67 bits per heavy atom. The van der Waals surface area contributed by atoms with Gasteiger partial charge in [0.2, 0.25) is 0 Å². The predicted octanol–water partition coefficient (Wildman–Crippen LogP) is 0.884. The summed E-state index contributed by atoms with van der Waals surface area (Å²) in [7, 11) is 0. The molecule has 0 radical (unpaired) electrons. The minimum absolute atomic E-state index is 0.218. The van der Waals surface area contributed by atoms with Gasteiger partial charge < -0.3 is 4.74 Å². The lowest BCUT2D eigenvalue weighted by Gasteiger charge is -2.26. The average Bonchev–Trinajstić information content (AvgIpc) is 2.64. The molecule has 1 heterocycles. The summed E-state index contributed by atoms with van der Waals surface area (Å²) in [4.78, 5) is 11.3. The van der Waals surface area contributed by atoms with Crippen molar-refractivity contribution in [1.29, 1.82) is 0 Å². The van der Waals surface area contributed by atoms with Crippen LogP contribution in [0.15, 0.2) is 0 Å². The summed E-state index contributed by atoms with van der Waals surface area (Å²) in [6.07, 6.45) is 3.19. The number of carbonyl (C=O) groups is 1. The van der Waals surface area contributed by atoms with Crippen molar-refractivity contribution in [3.8, 4) is 0 Å². The Morgan fingerprint density at radius 3 is 3.00 bits per heavy atom. The molecule has 2 fully saturated rings. The highest BCUT2D eigenvalue weighted by Crippen LogP contribution is 2.30. The third kappa shape index (κ3) is 1.16. The molecule has 1 saturated carbocycles. The quantitative estimate of drug-likeness (QED) is 0.635. The van der Waals surface area contributed by atoms with E-state index in [0.717, 1.165) is 12.8 Å². The van der Waals surface area contributed by atoms with Crippen LogP contribution < -0.4 is 5.43 Å². The molecular formula is C8H14N2O2. The normalized spacial score (nSPS) is 32.6. The Kier molecular flexibility index (Phi) is 1.92. The number of nitrogens with zero attached hydrogens (tertiary/aromatic N) is 1. The number of ether oxygens (including phenoxy) is 1. The number of hydrogen-bond donors (Lipinski definition) is 1. The highest BCUT2D eigenvalue weighted by molar-refractivity contribution is 5.68. The SMILES string of the molecule is CCOC(=O)N1NC2CCC1C2. The van der Waals surface area contributed by atoms with E-state index in [1.165, 1.54) is 6.42 Å². The van der Waals surface area contributed by atoms with Crippen molar-refractivity contribution in [3.05, 3.63) is 0 Å². The van der Waals surface area contributed by atoms with Crippen LogP contribution in [0.3, 0.4) is 0 Å². The standard InChI is InChI=1S/C8H14N2O2/c1-2-12-8(11)10-7-4-3-6(5-7)9-10/h6-7,9H,2-5H2,1H3. The lowest BCUT2D eigenvalue weighted by atomic mass is 10.3. The van der Waals surface area contributed by atoms with Crippen molar-refractivity contribution in [2.45, 2.75) is 38.3 Å². The topological polar surface area (TPSA) is 41.6 Å². The van der Waals surface area contributed by atoms with Gasteiger partial charge in [-0.05, 0) is 26.2 Å². The molecule has 12 heavy (non-hydrogen) atoms. The molecule has 1 amide bonds. The number of amides is 1. The maximum atomic E-state index is 11.3. The number of carbonyl (C=O) groups excluding carboxylic acids is 1. The zero-order chi connectivity index (χ0) is 8.55. The molecule has 4 nitrogen and oxygen atoms in total. The highest BCUT2D eigenvalue weighted by Gasteiger charge is 2.40. The molecule has 1 aliphatic heterocycles. The van der Waals surface area contributed by atoms with Crippen molar-refractivity contribution in [3.63, 3.8) is 0 Å². The van der Waals surface area contributed by atoms with Gasteiger partial charge in [0.1, 0.15) is 0 Å². The fraction of sp³-hybridized carbons (Fsp3) is 0.875. The number of hydrazine groups is 1. The molecule has 4 heteroatoms. The smallest absolute Gasteiger partial charge is 0.424 e. The molecular weight excluding hydrogens is 156 g/mol. The third-order valence-corrected chi connectivity index (χ3v) is 2.56. The van der Waals surface area contributed by atoms with E-state index in [9.17, 15) is 4.79 Å². The first-order valence-corrected chi connectivity index (χ1v) is 4.53. The first-order chi connectivity index (χ1) is 5.81. The molecule has 0 aromatic carbocycles. The summed E-state index contributed by atoms with van der Waals surface area (Å²) in [5.74, 6) is 0. The van der Waals surface area contributed by atoms with Crippen molar-refractivity contribution >= 4 is 6.09 Å². The third-order valence-electron chi connectivity index (χ3n) is 2.56. The van der Waals surface area contributed by atoms with E-state index in [4.69, 9.17) is 4.74 Å². The van der Waals surface area contributed by atoms with Crippen LogP contribution in [-0.4, -0.2) is 29.8 Å². The molecule has 0 aromatic rings. The monoisotopic (exact) mass is 170 g/mol. The molecule has 2 aliphatic rings. The number of rotatable bonds is 1. The maximum Gasteiger partial charge on any atom is 0.424 e. The largest absolute Gasteiger partial charge is 0.449 e. The first-order valence-electron chi connectivity index (χ1n) is 4.53. The van der Waals surface area contributed by atoms with E-state index < -0.39 is 0 Å². The fourth-order valence-electron chi connectivity index (χ4n) is 2.01. The number of nitrogens with one attached hydrogen (secondary N) is 1. The van der Waals surface area contributed by atoms with E-state index >= 15 is 0 Å². The Bertz CT molecular complexity index is 195. The van der Waals surface area contributed by atoms with Gasteiger partial charge in [-0.25, -0.2) is 15.2 Å². The predicted molar refractivity (Wildman–Crippen MR) is 43.4 cm³/mol. The van der Waals surface area contributed by atoms with Gasteiger partial charge in [-0.2, -0.15) is 0 Å². The van der Waals surface area contributed by atoms with Gasteiger partial charge in [0.25, 0.3) is 0 Å². The summed E-state index contributed by atoms with van der Waals surface area (Å²) < 4.78 is 4.90. The lowest BCUT2D eigenvalue weighted by molar-refractivity contribution is 0.0728. The van der Waals surface area contributed by atoms with E-state index in [0.29, 0.717) is 18.7 Å². The molecule has 2 rings (SSSR count). The molecule has 2 bridgehead atoms. The lowest BCUT2D eigenvalue weighted by Crippen LogP contribution is -2.47. The minimum Gasteiger partial charge on any atom is -0.449 e. The summed E-state index contributed by atoms with van der Waals surface area (Å²) >= 11 is 0. The van der Waals surface area contributed by atoms with Gasteiger partial charge in [0, 0.05) is 6.04 Å². The Labute approximate surface area is 71.8 Å². The van der Waals surface area contributed by atoms with Crippen LogP contribution in [0.2, 0.25) is 0 Å². The van der Waals surface area contributed by atoms with Gasteiger partial charge in [-0.15, -0.1) is 0 Å². The Hall–Kier alpha value is -0.770. The molecule has 2 unspecified atom stereocenters. The Balaban J connectivity index is 1.93. The first kappa shape index (κ1) is 7.86. The van der Waals surface area contributed by atoms with Crippen LogP contribution in [0.25, 0.3) is 0 Å². The van der Waals surface area contributed by atoms with Crippen molar-refractivity contribution in [2.24, 2.45) is 0 Å². The van der Waals surface area contributed by atoms with Crippen molar-refractivity contribution in [2.75, 3.05) is 6.61 Å². The zero-order valence-corrected chi connectivity index (χ0v) is 7.25. The van der Waals surface area contributed by atoms with Gasteiger partial charge in [-0.1, -0.05) is 0 Å². The molecule has 2 atom stereocenters. The van der Waals surface area contributed by atoms with Crippen molar-refractivity contribution < 1.29 is 9.53 Å². The van der Waals surface area contributed by atoms with E-state index in [1.54, 1.807) is 5.01 Å². The summed E-state index contributed by atoms with van der Waals surface area (Å²) in [6, 6.07) is 0.897. The highest BCUT2D eigenvalue weighted by atomic mass is 16.6. The second-order valence-corrected chi connectivity index (χ2v) is 3.36. The van der Waals surface area contributed by atoms with Crippen molar-refractivity contribution in [1.82, 2.24) is 10.4 Å².